The molecule has 0 unspecified atom stereocenters. The summed E-state index contributed by atoms with van der Waals surface area (Å²) in [7, 11) is 0. The summed E-state index contributed by atoms with van der Waals surface area (Å²) in [4.78, 5) is 20.9. The molecule has 0 bridgehead atoms. The van der Waals surface area contributed by atoms with Crippen LogP contribution in [0.15, 0.2) is 18.2 Å². The van der Waals surface area contributed by atoms with Crippen LogP contribution in [-0.2, 0) is 0 Å². The van der Waals surface area contributed by atoms with E-state index in [1.165, 1.54) is 25.1 Å². The lowest BCUT2D eigenvalue weighted by Crippen LogP contribution is -2.09. The third kappa shape index (κ3) is 1.86. The lowest BCUT2D eigenvalue weighted by atomic mass is 10.1. The predicted octanol–water partition coefficient (Wildman–Crippen LogP) is 1.08. The van der Waals surface area contributed by atoms with Crippen LogP contribution in [0.4, 0.5) is 11.4 Å². The molecule has 14 heavy (non-hydrogen) atoms. The summed E-state index contributed by atoms with van der Waals surface area (Å²) in [5.74, 6) is 4.85. The molecule has 0 fully saturated rings. The Labute approximate surface area is 79.8 Å². The van der Waals surface area contributed by atoms with Gasteiger partial charge >= 0.3 is 0 Å². The number of nitro groups is 1. The van der Waals surface area contributed by atoms with E-state index in [1.807, 2.05) is 0 Å². The Bertz CT molecular complexity index is 389. The highest BCUT2D eigenvalue weighted by Gasteiger charge is 2.14. The van der Waals surface area contributed by atoms with Crippen molar-refractivity contribution >= 4 is 17.2 Å². The van der Waals surface area contributed by atoms with Crippen LogP contribution in [0.1, 0.15) is 17.3 Å². The van der Waals surface area contributed by atoms with Crippen LogP contribution in [0.5, 0.6) is 0 Å². The van der Waals surface area contributed by atoms with Crippen LogP contribution < -0.4 is 11.3 Å². The maximum atomic E-state index is 10.9. The van der Waals surface area contributed by atoms with Gasteiger partial charge in [0.25, 0.3) is 5.69 Å². The van der Waals surface area contributed by atoms with E-state index in [0.29, 0.717) is 0 Å². The molecule has 6 heteroatoms. The van der Waals surface area contributed by atoms with Crippen LogP contribution in [0.2, 0.25) is 0 Å². The van der Waals surface area contributed by atoms with Gasteiger partial charge in [0.2, 0.25) is 0 Å². The first-order chi connectivity index (χ1) is 6.56. The van der Waals surface area contributed by atoms with E-state index < -0.39 is 4.92 Å². The second-order valence-electron chi connectivity index (χ2n) is 2.69. The van der Waals surface area contributed by atoms with Crippen molar-refractivity contribution in [2.75, 3.05) is 5.43 Å². The number of hydrazine groups is 1. The van der Waals surface area contributed by atoms with Gasteiger partial charge in [0.05, 0.1) is 4.92 Å². The quantitative estimate of drug-likeness (QED) is 0.325. The number of nitrogens with zero attached hydrogens (tertiary/aromatic N) is 1. The van der Waals surface area contributed by atoms with Crippen molar-refractivity contribution < 1.29 is 9.72 Å². The fraction of sp³-hybridized carbons (Fsp3) is 0.125. The van der Waals surface area contributed by atoms with Crippen LogP contribution in [0, 0.1) is 10.1 Å². The van der Waals surface area contributed by atoms with E-state index in [1.54, 1.807) is 0 Å². The number of ketones is 1. The van der Waals surface area contributed by atoms with E-state index in [2.05, 4.69) is 5.43 Å². The van der Waals surface area contributed by atoms with Crippen LogP contribution in [0.25, 0.3) is 0 Å². The Hall–Kier alpha value is -1.95. The molecule has 0 saturated carbocycles. The minimum Gasteiger partial charge on any atom is -0.318 e. The molecule has 0 atom stereocenters. The van der Waals surface area contributed by atoms with Gasteiger partial charge in [0.15, 0.2) is 5.78 Å². The molecular weight excluding hydrogens is 186 g/mol. The number of hydrogen-bond donors (Lipinski definition) is 2. The molecule has 0 radical (unpaired) electrons. The molecule has 0 saturated heterocycles. The zero-order chi connectivity index (χ0) is 10.7. The van der Waals surface area contributed by atoms with Crippen molar-refractivity contribution in [3.05, 3.63) is 33.9 Å². The number of nitrogen functional groups attached to an aromatic ring is 1. The number of carbonyl (C=O) groups is 1. The molecule has 3 N–H and O–H groups in total. The first-order valence-corrected chi connectivity index (χ1v) is 3.82. The van der Waals surface area contributed by atoms with Crippen molar-refractivity contribution in [1.29, 1.82) is 0 Å². The zero-order valence-corrected chi connectivity index (χ0v) is 7.48. The molecule has 1 aromatic carbocycles. The predicted molar refractivity (Wildman–Crippen MR) is 50.9 cm³/mol. The van der Waals surface area contributed by atoms with Crippen molar-refractivity contribution in [3.8, 4) is 0 Å². The Morgan fingerprint density at radius 3 is 2.64 bits per heavy atom. The maximum absolute atomic E-state index is 10.9. The monoisotopic (exact) mass is 195 g/mol. The van der Waals surface area contributed by atoms with Gasteiger partial charge in [-0.3, -0.25) is 20.8 Å². The molecule has 0 amide bonds. The molecule has 0 aliphatic rings. The van der Waals surface area contributed by atoms with Gasteiger partial charge in [-0.05, 0) is 19.1 Å². The molecule has 0 aliphatic heterocycles. The third-order valence-electron chi connectivity index (χ3n) is 1.76. The average Bonchev–Trinajstić information content (AvgIpc) is 2.16. The van der Waals surface area contributed by atoms with Gasteiger partial charge in [0, 0.05) is 11.6 Å². The second kappa shape index (κ2) is 3.84. The zero-order valence-electron chi connectivity index (χ0n) is 7.48. The van der Waals surface area contributed by atoms with E-state index in [-0.39, 0.29) is 22.7 Å². The summed E-state index contributed by atoms with van der Waals surface area (Å²) >= 11 is 0. The van der Waals surface area contributed by atoms with Crippen LogP contribution in [-0.4, -0.2) is 10.7 Å². The lowest BCUT2D eigenvalue weighted by molar-refractivity contribution is -0.384. The fourth-order valence-corrected chi connectivity index (χ4v) is 1.02. The summed E-state index contributed by atoms with van der Waals surface area (Å²) < 4.78 is 0. The summed E-state index contributed by atoms with van der Waals surface area (Å²) in [6.45, 7) is 1.34. The van der Waals surface area contributed by atoms with E-state index >= 15 is 0 Å². The van der Waals surface area contributed by atoms with Gasteiger partial charge in [-0.15, -0.1) is 0 Å². The molecule has 1 aromatic rings. The minimum absolute atomic E-state index is 0.181. The van der Waals surface area contributed by atoms with E-state index in [9.17, 15) is 14.9 Å². The molecular formula is C8H9N3O3. The van der Waals surface area contributed by atoms with Gasteiger partial charge in [-0.1, -0.05) is 0 Å². The minimum atomic E-state index is -0.596. The highest BCUT2D eigenvalue weighted by atomic mass is 16.6. The molecule has 0 spiro atoms. The second-order valence-corrected chi connectivity index (χ2v) is 2.69. The lowest BCUT2D eigenvalue weighted by Gasteiger charge is -2.02. The molecule has 0 aromatic heterocycles. The Kier molecular flexibility index (Phi) is 2.78. The van der Waals surface area contributed by atoms with Gasteiger partial charge in [-0.25, -0.2) is 0 Å². The Balaban J connectivity index is 3.27. The fourth-order valence-electron chi connectivity index (χ4n) is 1.02. The summed E-state index contributed by atoms with van der Waals surface area (Å²) in [5, 5.41) is 10.6. The average molecular weight is 195 g/mol. The largest absolute Gasteiger partial charge is 0.318 e. The molecule has 6 nitrogen and oxygen atoms in total. The van der Waals surface area contributed by atoms with E-state index in [4.69, 9.17) is 5.84 Å². The third-order valence-corrected chi connectivity index (χ3v) is 1.76. The van der Waals surface area contributed by atoms with Crippen molar-refractivity contribution in [2.24, 2.45) is 5.84 Å². The highest BCUT2D eigenvalue weighted by Crippen LogP contribution is 2.24. The number of rotatable bonds is 3. The molecule has 74 valence electrons. The SMILES string of the molecule is CC(=O)c1ccc(NN)c([N+](=O)[O-])c1. The smallest absolute Gasteiger partial charge is 0.294 e. The number of Topliss-reactive ketones (excluding diaryl/α,β-unsaturated/α-hetero) is 1. The Morgan fingerprint density at radius 1 is 1.57 bits per heavy atom. The number of nitrogens with one attached hydrogen (secondary N) is 1. The standard InChI is InChI=1S/C8H9N3O3/c1-5(12)6-2-3-7(10-9)8(4-6)11(13)14/h2-4,10H,9H2,1H3. The normalized spacial score (nSPS) is 9.57. The number of benzene rings is 1. The highest BCUT2D eigenvalue weighted by molar-refractivity contribution is 5.95. The number of carbonyl (C=O) groups excluding carboxylic acids is 1. The maximum Gasteiger partial charge on any atom is 0.294 e. The summed E-state index contributed by atoms with van der Waals surface area (Å²) in [5.41, 5.74) is 2.45. The summed E-state index contributed by atoms with van der Waals surface area (Å²) in [6.07, 6.45) is 0. The Morgan fingerprint density at radius 2 is 2.21 bits per heavy atom. The van der Waals surface area contributed by atoms with Crippen molar-refractivity contribution in [1.82, 2.24) is 0 Å². The first kappa shape index (κ1) is 10.1. The van der Waals surface area contributed by atoms with Gasteiger partial charge in [0.1, 0.15) is 5.69 Å². The molecule has 1 rings (SSSR count). The number of nitro benzene ring substituents is 1. The van der Waals surface area contributed by atoms with Gasteiger partial charge in [-0.2, -0.15) is 0 Å². The summed E-state index contributed by atoms with van der Waals surface area (Å²) in [6, 6.07) is 4.07. The molecule has 0 aliphatic carbocycles. The van der Waals surface area contributed by atoms with Gasteiger partial charge < -0.3 is 5.43 Å². The molecule has 0 heterocycles. The van der Waals surface area contributed by atoms with Crippen molar-refractivity contribution in [2.45, 2.75) is 6.92 Å². The topological polar surface area (TPSA) is 98.3 Å². The number of hydrogen-bond acceptors (Lipinski definition) is 5. The van der Waals surface area contributed by atoms with E-state index in [0.717, 1.165) is 0 Å². The first-order valence-electron chi connectivity index (χ1n) is 3.82. The van der Waals surface area contributed by atoms with Crippen LogP contribution >= 0.6 is 0 Å². The number of anilines is 1. The van der Waals surface area contributed by atoms with Crippen LogP contribution in [0.3, 0.4) is 0 Å². The number of nitrogens with two attached hydrogens (primary N) is 1. The van der Waals surface area contributed by atoms with Crippen molar-refractivity contribution in [3.63, 3.8) is 0 Å².